The van der Waals surface area contributed by atoms with Crippen molar-refractivity contribution in [2.45, 2.75) is 167 Å². The molecule has 0 radical (unpaired) electrons. The van der Waals surface area contributed by atoms with Crippen molar-refractivity contribution in [1.82, 2.24) is 14.6 Å². The lowest BCUT2D eigenvalue weighted by Crippen LogP contribution is -2.39. The number of nitrogen functional groups attached to an aromatic ring is 1. The summed E-state index contributed by atoms with van der Waals surface area (Å²) in [7, 11) is -4.57. The minimum absolute atomic E-state index is 0.145. The lowest BCUT2D eigenvalue weighted by atomic mass is 9.93. The van der Waals surface area contributed by atoms with E-state index in [4.69, 9.17) is 29.0 Å². The molecule has 6 atom stereocenters. The van der Waals surface area contributed by atoms with Crippen LogP contribution in [0.3, 0.4) is 0 Å². The van der Waals surface area contributed by atoms with Crippen molar-refractivity contribution in [2.24, 2.45) is 0 Å². The molecule has 3 heterocycles. The molecule has 0 bridgehead atoms. The van der Waals surface area contributed by atoms with Crippen LogP contribution in [0.25, 0.3) is 5.52 Å². The van der Waals surface area contributed by atoms with Crippen molar-refractivity contribution in [1.29, 1.82) is 0 Å². The van der Waals surface area contributed by atoms with Gasteiger partial charge >= 0.3 is 7.82 Å². The largest absolute Gasteiger partial charge is 0.472 e. The monoisotopic (exact) mass is 728 g/mol. The van der Waals surface area contributed by atoms with Crippen LogP contribution in [0.15, 0.2) is 18.5 Å². The quantitative estimate of drug-likeness (QED) is 0.0529. The fourth-order valence-electron chi connectivity index (χ4n) is 6.52. The molecule has 50 heavy (non-hydrogen) atoms. The van der Waals surface area contributed by atoms with Crippen molar-refractivity contribution in [2.75, 3.05) is 32.2 Å². The number of unbranched alkanes of at least 4 members (excludes halogenated alkanes) is 15. The summed E-state index contributed by atoms with van der Waals surface area (Å²) in [5, 5.41) is 25.8. The Labute approximate surface area is 299 Å². The van der Waals surface area contributed by atoms with E-state index in [2.05, 4.69) is 17.0 Å². The third-order valence-electron chi connectivity index (χ3n) is 9.39. The number of aliphatic hydroxyl groups is 2. The van der Waals surface area contributed by atoms with Gasteiger partial charge in [0.05, 0.1) is 31.6 Å². The third kappa shape index (κ3) is 14.0. The summed E-state index contributed by atoms with van der Waals surface area (Å²) in [4.78, 5) is 14.4. The number of anilines is 1. The first-order valence-corrected chi connectivity index (χ1v) is 20.5. The van der Waals surface area contributed by atoms with Gasteiger partial charge in [-0.15, -0.1) is 0 Å². The van der Waals surface area contributed by atoms with Crippen LogP contribution in [0.4, 0.5) is 5.82 Å². The molecule has 1 aliphatic heterocycles. The van der Waals surface area contributed by atoms with Crippen molar-refractivity contribution < 1.29 is 42.9 Å². The lowest BCUT2D eigenvalue weighted by molar-refractivity contribution is -0.0910. The smallest absolute Gasteiger partial charge is 0.387 e. The van der Waals surface area contributed by atoms with Gasteiger partial charge in [-0.05, 0) is 39.3 Å². The first-order valence-electron chi connectivity index (χ1n) is 19.0. The number of aromatic nitrogens is 3. The maximum atomic E-state index is 12.8. The van der Waals surface area contributed by atoms with Crippen LogP contribution in [0.1, 0.15) is 136 Å². The van der Waals surface area contributed by atoms with E-state index in [0.29, 0.717) is 17.8 Å². The molecule has 0 aromatic carbocycles. The number of nitrogens with zero attached hydrogens (tertiary/aromatic N) is 3. The van der Waals surface area contributed by atoms with Gasteiger partial charge in [0.1, 0.15) is 41.9 Å². The predicted octanol–water partition coefficient (Wildman–Crippen LogP) is 6.85. The number of fused-ring (bicyclic) bond motifs is 1. The molecule has 0 aliphatic carbocycles. The van der Waals surface area contributed by atoms with E-state index in [1.54, 1.807) is 19.1 Å². The van der Waals surface area contributed by atoms with Gasteiger partial charge < -0.3 is 35.1 Å². The van der Waals surface area contributed by atoms with Crippen LogP contribution >= 0.6 is 7.82 Å². The SMILES string of the molecule is CCCCCCCCCCCCCCCCCCOC[C@H](COP(=O)(O)OC[C@H]1O[C@@](C)(c2ccc3c(N)ncnn23)[C@H](O)[C@@H]1O)OC(C)C. The van der Waals surface area contributed by atoms with Crippen LogP contribution in [-0.2, 0) is 33.4 Å². The molecule has 1 unspecified atom stereocenters. The number of ether oxygens (including phenoxy) is 3. The van der Waals surface area contributed by atoms with Crippen molar-refractivity contribution in [3.05, 3.63) is 24.2 Å². The number of phosphoric ester groups is 1. The van der Waals surface area contributed by atoms with Gasteiger partial charge in [-0.1, -0.05) is 103 Å². The highest BCUT2D eigenvalue weighted by Crippen LogP contribution is 2.46. The zero-order chi connectivity index (χ0) is 36.4. The molecule has 2 aromatic rings. The summed E-state index contributed by atoms with van der Waals surface area (Å²) in [5.74, 6) is 0.242. The summed E-state index contributed by atoms with van der Waals surface area (Å²) in [6.45, 7) is 7.65. The van der Waals surface area contributed by atoms with Crippen LogP contribution in [0.2, 0.25) is 0 Å². The zero-order valence-corrected chi connectivity index (χ0v) is 31.8. The van der Waals surface area contributed by atoms with Crippen LogP contribution in [-0.4, -0.2) is 86.7 Å². The van der Waals surface area contributed by atoms with E-state index < -0.39 is 44.4 Å². The van der Waals surface area contributed by atoms with E-state index in [9.17, 15) is 19.7 Å². The summed E-state index contributed by atoms with van der Waals surface area (Å²) in [6.07, 6.45) is 17.5. The van der Waals surface area contributed by atoms with Gasteiger partial charge in [-0.25, -0.2) is 14.1 Å². The number of rotatable bonds is 28. The fourth-order valence-corrected chi connectivity index (χ4v) is 7.28. The summed E-state index contributed by atoms with van der Waals surface area (Å²) in [6, 6.07) is 3.34. The lowest BCUT2D eigenvalue weighted by Gasteiger charge is -2.27. The third-order valence-corrected chi connectivity index (χ3v) is 10.3. The minimum atomic E-state index is -4.57. The fraction of sp³-hybridized carbons (Fsp3) is 0.833. The second-order valence-electron chi connectivity index (χ2n) is 14.1. The average Bonchev–Trinajstić information content (AvgIpc) is 3.62. The molecule has 5 N–H and O–H groups in total. The molecular weight excluding hydrogens is 663 g/mol. The van der Waals surface area contributed by atoms with Gasteiger partial charge in [-0.2, -0.15) is 5.10 Å². The Morgan fingerprint density at radius 1 is 0.920 bits per heavy atom. The van der Waals surface area contributed by atoms with Gasteiger partial charge in [0.25, 0.3) is 0 Å². The van der Waals surface area contributed by atoms with Crippen LogP contribution < -0.4 is 5.73 Å². The number of hydrogen-bond donors (Lipinski definition) is 4. The predicted molar refractivity (Wildman–Crippen MR) is 194 cm³/mol. The topological polar surface area (TPSA) is 180 Å². The maximum absolute atomic E-state index is 12.8. The van der Waals surface area contributed by atoms with Gasteiger partial charge in [0.2, 0.25) is 0 Å². The zero-order valence-electron chi connectivity index (χ0n) is 30.9. The molecule has 0 saturated carbocycles. The van der Waals surface area contributed by atoms with Crippen molar-refractivity contribution >= 4 is 19.2 Å². The average molecular weight is 729 g/mol. The Hall–Kier alpha value is -1.67. The summed E-state index contributed by atoms with van der Waals surface area (Å²) >= 11 is 0. The molecule has 0 spiro atoms. The molecule has 14 heteroatoms. The molecular formula is C36H65N4O9P. The number of phosphoric acid groups is 1. The highest BCUT2D eigenvalue weighted by atomic mass is 31.2. The summed E-state index contributed by atoms with van der Waals surface area (Å²) < 4.78 is 42.4. The molecule has 13 nitrogen and oxygen atoms in total. The van der Waals surface area contributed by atoms with Crippen LogP contribution in [0, 0.1) is 0 Å². The molecule has 0 amide bonds. The van der Waals surface area contributed by atoms with Gasteiger partial charge in [0, 0.05) is 6.61 Å². The Morgan fingerprint density at radius 2 is 1.50 bits per heavy atom. The Bertz CT molecular complexity index is 1270. The maximum Gasteiger partial charge on any atom is 0.472 e. The van der Waals surface area contributed by atoms with Crippen LogP contribution in [0.5, 0.6) is 0 Å². The number of hydrogen-bond acceptors (Lipinski definition) is 11. The molecule has 1 saturated heterocycles. The second kappa shape index (κ2) is 22.4. The standard InChI is InChI=1S/C36H65N4O9P/c1-5-6-7-8-9-10-11-12-13-14-15-16-17-18-19-20-23-45-24-29(48-28(2)3)25-46-50(43,44)47-26-31-33(41)34(42)36(4,49-31)32-22-21-30-35(37)38-27-39-40(30)32/h21-22,27-29,31,33-34,41-42H,5-20,23-26H2,1-4H3,(H,43,44)(H2,37,38,39)/t29-,31-,33-,34-,36+/m1/s1. The van der Waals surface area contributed by atoms with Crippen molar-refractivity contribution in [3.8, 4) is 0 Å². The molecule has 3 rings (SSSR count). The first kappa shape index (κ1) is 42.7. The van der Waals surface area contributed by atoms with Gasteiger partial charge in [0.15, 0.2) is 5.82 Å². The summed E-state index contributed by atoms with van der Waals surface area (Å²) in [5.41, 5.74) is 5.44. The number of nitrogens with two attached hydrogens (primary N) is 1. The Morgan fingerprint density at radius 3 is 2.08 bits per heavy atom. The van der Waals surface area contributed by atoms with E-state index in [1.807, 2.05) is 13.8 Å². The molecule has 1 fully saturated rings. The highest BCUT2D eigenvalue weighted by Gasteiger charge is 2.54. The van der Waals surface area contributed by atoms with Crippen molar-refractivity contribution in [3.63, 3.8) is 0 Å². The van der Waals surface area contributed by atoms with E-state index in [1.165, 1.54) is 101 Å². The second-order valence-corrected chi connectivity index (χ2v) is 15.6. The minimum Gasteiger partial charge on any atom is -0.387 e. The first-order chi connectivity index (χ1) is 24.0. The van der Waals surface area contributed by atoms with E-state index in [-0.39, 0.29) is 25.1 Å². The van der Waals surface area contributed by atoms with Gasteiger partial charge in [-0.3, -0.25) is 9.05 Å². The molecule has 1 aliphatic rings. The Kier molecular flexibility index (Phi) is 19.2. The normalized spacial score (nSPS) is 22.8. The Balaban J connectivity index is 1.28. The molecule has 2 aromatic heterocycles. The van der Waals surface area contributed by atoms with E-state index >= 15 is 0 Å². The molecule has 288 valence electrons. The number of aliphatic hydroxyl groups excluding tert-OH is 2. The highest BCUT2D eigenvalue weighted by molar-refractivity contribution is 7.47. The van der Waals surface area contributed by atoms with E-state index in [0.717, 1.165) is 12.8 Å².